The van der Waals surface area contributed by atoms with Gasteiger partial charge in [-0.25, -0.2) is 4.99 Å². The smallest absolute Gasteiger partial charge is 0.416 e. The van der Waals surface area contributed by atoms with Gasteiger partial charge in [0.2, 0.25) is 5.90 Å². The molecule has 2 rings (SSSR count). The van der Waals surface area contributed by atoms with E-state index in [0.29, 0.717) is 18.1 Å². The molecule has 1 heterocycles. The van der Waals surface area contributed by atoms with E-state index in [1.54, 1.807) is 0 Å². The van der Waals surface area contributed by atoms with Gasteiger partial charge >= 0.3 is 6.18 Å². The van der Waals surface area contributed by atoms with E-state index in [1.807, 2.05) is 13.8 Å². The van der Waals surface area contributed by atoms with Gasteiger partial charge in [0.05, 0.1) is 16.7 Å². The summed E-state index contributed by atoms with van der Waals surface area (Å²) >= 11 is 0. The van der Waals surface area contributed by atoms with E-state index < -0.39 is 11.7 Å². The van der Waals surface area contributed by atoms with Crippen molar-refractivity contribution in [2.75, 3.05) is 12.3 Å². The Bertz CT molecular complexity index is 507. The van der Waals surface area contributed by atoms with Crippen LogP contribution in [0.15, 0.2) is 23.2 Å². The van der Waals surface area contributed by atoms with Crippen molar-refractivity contribution in [3.05, 3.63) is 29.3 Å². The van der Waals surface area contributed by atoms with Crippen molar-refractivity contribution in [1.29, 1.82) is 0 Å². The molecule has 0 saturated heterocycles. The highest BCUT2D eigenvalue weighted by atomic mass is 19.4. The Morgan fingerprint density at radius 1 is 1.33 bits per heavy atom. The topological polar surface area (TPSA) is 47.6 Å². The summed E-state index contributed by atoms with van der Waals surface area (Å²) in [5, 5.41) is 0. The number of hydrogen-bond acceptors (Lipinski definition) is 3. The van der Waals surface area contributed by atoms with E-state index in [-0.39, 0.29) is 11.2 Å². The summed E-state index contributed by atoms with van der Waals surface area (Å²) in [4.78, 5) is 4.28. The first-order chi connectivity index (χ1) is 8.19. The molecule has 18 heavy (non-hydrogen) atoms. The van der Waals surface area contributed by atoms with Gasteiger partial charge in [0.1, 0.15) is 6.61 Å². The summed E-state index contributed by atoms with van der Waals surface area (Å²) in [5.41, 5.74) is 4.89. The van der Waals surface area contributed by atoms with Crippen molar-refractivity contribution >= 4 is 11.6 Å². The van der Waals surface area contributed by atoms with Crippen LogP contribution in [0.25, 0.3) is 0 Å². The molecule has 1 aromatic rings. The van der Waals surface area contributed by atoms with Gasteiger partial charge in [-0.3, -0.25) is 0 Å². The fourth-order valence-electron chi connectivity index (χ4n) is 1.66. The van der Waals surface area contributed by atoms with E-state index in [0.717, 1.165) is 12.1 Å². The Balaban J connectivity index is 2.38. The molecule has 0 unspecified atom stereocenters. The molecule has 0 aromatic heterocycles. The van der Waals surface area contributed by atoms with Crippen LogP contribution in [0, 0.1) is 0 Å². The van der Waals surface area contributed by atoms with Gasteiger partial charge in [0.15, 0.2) is 0 Å². The lowest BCUT2D eigenvalue weighted by Gasteiger charge is -2.10. The number of hydrogen-bond donors (Lipinski definition) is 1. The van der Waals surface area contributed by atoms with Gasteiger partial charge < -0.3 is 10.5 Å². The van der Waals surface area contributed by atoms with Crippen molar-refractivity contribution in [2.24, 2.45) is 4.99 Å². The molecule has 3 nitrogen and oxygen atoms in total. The fourth-order valence-corrected chi connectivity index (χ4v) is 1.66. The molecule has 0 amide bonds. The van der Waals surface area contributed by atoms with Crippen molar-refractivity contribution in [3.8, 4) is 0 Å². The Morgan fingerprint density at radius 2 is 2.00 bits per heavy atom. The largest absolute Gasteiger partial charge is 0.475 e. The first kappa shape index (κ1) is 12.7. The summed E-state index contributed by atoms with van der Waals surface area (Å²) in [6.45, 7) is 4.14. The lowest BCUT2D eigenvalue weighted by atomic mass is 10.1. The molecule has 0 spiro atoms. The summed E-state index contributed by atoms with van der Waals surface area (Å²) in [6, 6.07) is 3.16. The highest BCUT2D eigenvalue weighted by Gasteiger charge is 2.32. The van der Waals surface area contributed by atoms with E-state index in [2.05, 4.69) is 4.99 Å². The Hall–Kier alpha value is -1.72. The molecular formula is C12H13F3N2O. The van der Waals surface area contributed by atoms with Gasteiger partial charge in [-0.1, -0.05) is 0 Å². The average Bonchev–Trinajstić information content (AvgIpc) is 2.57. The second-order valence-electron chi connectivity index (χ2n) is 4.82. The number of aliphatic imine (C=N–C) groups is 1. The summed E-state index contributed by atoms with van der Waals surface area (Å²) < 4.78 is 42.8. The SMILES string of the molecule is CC1(C)COC(c2ccc(C(F)(F)F)cc2N)=N1. The molecule has 2 N–H and O–H groups in total. The number of halogens is 3. The van der Waals surface area contributed by atoms with Gasteiger partial charge in [-0.15, -0.1) is 0 Å². The van der Waals surface area contributed by atoms with Crippen LogP contribution in [0.3, 0.4) is 0 Å². The van der Waals surface area contributed by atoms with Crippen molar-refractivity contribution in [2.45, 2.75) is 25.6 Å². The minimum Gasteiger partial charge on any atom is -0.475 e. The van der Waals surface area contributed by atoms with Crippen LogP contribution in [-0.2, 0) is 10.9 Å². The van der Waals surface area contributed by atoms with Crippen LogP contribution in [0.4, 0.5) is 18.9 Å². The number of benzene rings is 1. The van der Waals surface area contributed by atoms with Crippen LogP contribution in [0.5, 0.6) is 0 Å². The van der Waals surface area contributed by atoms with Crippen LogP contribution >= 0.6 is 0 Å². The number of nitrogen functional groups attached to an aromatic ring is 1. The van der Waals surface area contributed by atoms with Gasteiger partial charge in [-0.2, -0.15) is 13.2 Å². The first-order valence-electron chi connectivity index (χ1n) is 5.39. The maximum atomic E-state index is 12.5. The highest BCUT2D eigenvalue weighted by molar-refractivity contribution is 6.00. The van der Waals surface area contributed by atoms with E-state index in [4.69, 9.17) is 10.5 Å². The number of rotatable bonds is 1. The molecule has 6 heteroatoms. The summed E-state index contributed by atoms with van der Waals surface area (Å²) in [5.74, 6) is 0.297. The molecule has 0 bridgehead atoms. The summed E-state index contributed by atoms with van der Waals surface area (Å²) in [6.07, 6.45) is -4.40. The van der Waals surface area contributed by atoms with Crippen LogP contribution in [0.1, 0.15) is 25.0 Å². The molecule has 1 aromatic carbocycles. The predicted molar refractivity (Wildman–Crippen MR) is 62.4 cm³/mol. The van der Waals surface area contributed by atoms with Crippen LogP contribution < -0.4 is 5.73 Å². The zero-order valence-corrected chi connectivity index (χ0v) is 10.0. The highest BCUT2D eigenvalue weighted by Crippen LogP contribution is 2.32. The molecule has 0 atom stereocenters. The molecule has 1 aliphatic heterocycles. The van der Waals surface area contributed by atoms with Gasteiger partial charge in [-0.05, 0) is 32.0 Å². The maximum absolute atomic E-state index is 12.5. The second-order valence-corrected chi connectivity index (χ2v) is 4.82. The lowest BCUT2D eigenvalue weighted by molar-refractivity contribution is -0.137. The molecular weight excluding hydrogens is 245 g/mol. The number of alkyl halides is 3. The van der Waals surface area contributed by atoms with Crippen LogP contribution in [0.2, 0.25) is 0 Å². The summed E-state index contributed by atoms with van der Waals surface area (Å²) in [7, 11) is 0. The third-order valence-corrected chi connectivity index (χ3v) is 2.58. The number of nitrogens with zero attached hydrogens (tertiary/aromatic N) is 1. The number of nitrogens with two attached hydrogens (primary N) is 1. The van der Waals surface area contributed by atoms with E-state index in [1.165, 1.54) is 6.07 Å². The van der Waals surface area contributed by atoms with Crippen LogP contribution in [-0.4, -0.2) is 18.0 Å². The molecule has 0 radical (unpaired) electrons. The average molecular weight is 258 g/mol. The lowest BCUT2D eigenvalue weighted by Crippen LogP contribution is -2.17. The normalized spacial score (nSPS) is 18.4. The second kappa shape index (κ2) is 3.90. The van der Waals surface area contributed by atoms with Crippen molar-refractivity contribution < 1.29 is 17.9 Å². The molecule has 98 valence electrons. The fraction of sp³-hybridized carbons (Fsp3) is 0.417. The third kappa shape index (κ3) is 2.42. The number of ether oxygens (including phenoxy) is 1. The minimum atomic E-state index is -4.40. The predicted octanol–water partition coefficient (Wildman–Crippen LogP) is 2.84. The Kier molecular flexibility index (Phi) is 2.76. The zero-order chi connectivity index (χ0) is 13.6. The Labute approximate surface area is 102 Å². The zero-order valence-electron chi connectivity index (χ0n) is 10.0. The molecule has 0 fully saturated rings. The number of anilines is 1. The maximum Gasteiger partial charge on any atom is 0.416 e. The first-order valence-corrected chi connectivity index (χ1v) is 5.39. The third-order valence-electron chi connectivity index (χ3n) is 2.58. The quantitative estimate of drug-likeness (QED) is 0.787. The molecule has 1 aliphatic rings. The van der Waals surface area contributed by atoms with Crippen molar-refractivity contribution in [1.82, 2.24) is 0 Å². The monoisotopic (exact) mass is 258 g/mol. The minimum absolute atomic E-state index is 0.0151. The molecule has 0 aliphatic carbocycles. The standard InChI is InChI=1S/C12H13F3N2O/c1-11(2)6-18-10(17-11)8-4-3-7(5-9(8)16)12(13,14)15/h3-5H,6,16H2,1-2H3. The Morgan fingerprint density at radius 3 is 2.44 bits per heavy atom. The van der Waals surface area contributed by atoms with Gasteiger partial charge in [0.25, 0.3) is 0 Å². The van der Waals surface area contributed by atoms with Gasteiger partial charge in [0, 0.05) is 5.69 Å². The van der Waals surface area contributed by atoms with E-state index in [9.17, 15) is 13.2 Å². The van der Waals surface area contributed by atoms with Crippen molar-refractivity contribution in [3.63, 3.8) is 0 Å². The molecule has 0 saturated carbocycles. The van der Waals surface area contributed by atoms with E-state index >= 15 is 0 Å².